The second kappa shape index (κ2) is 4.92. The SMILES string of the molecule is COc1ccc2cn(-c3ccc4c(c3)n(C)c(=O)n4C)c(O)c2c1. The van der Waals surface area contributed by atoms with Crippen LogP contribution in [0.15, 0.2) is 47.4 Å². The van der Waals surface area contributed by atoms with Gasteiger partial charge in [-0.15, -0.1) is 0 Å². The fourth-order valence-electron chi connectivity index (χ4n) is 3.14. The largest absolute Gasteiger partial charge is 0.497 e. The summed E-state index contributed by atoms with van der Waals surface area (Å²) in [6, 6.07) is 11.2. The number of aromatic nitrogens is 3. The second-order valence-corrected chi connectivity index (χ2v) is 5.85. The molecule has 0 atom stereocenters. The van der Waals surface area contributed by atoms with Gasteiger partial charge in [0.1, 0.15) is 5.75 Å². The highest BCUT2D eigenvalue weighted by molar-refractivity contribution is 5.90. The minimum atomic E-state index is -0.0752. The summed E-state index contributed by atoms with van der Waals surface area (Å²) in [5, 5.41) is 12.2. The summed E-state index contributed by atoms with van der Waals surface area (Å²) in [5.74, 6) is 0.834. The minimum absolute atomic E-state index is 0.0752. The van der Waals surface area contributed by atoms with Crippen molar-refractivity contribution in [1.29, 1.82) is 0 Å². The molecule has 0 fully saturated rings. The van der Waals surface area contributed by atoms with Crippen molar-refractivity contribution in [3.63, 3.8) is 0 Å². The molecule has 1 N–H and O–H groups in total. The lowest BCUT2D eigenvalue weighted by molar-refractivity contribution is 0.414. The van der Waals surface area contributed by atoms with Crippen LogP contribution in [0.3, 0.4) is 0 Å². The summed E-state index contributed by atoms with van der Waals surface area (Å²) in [6.45, 7) is 0. The molecule has 0 saturated heterocycles. The zero-order valence-electron chi connectivity index (χ0n) is 13.6. The molecule has 2 aromatic carbocycles. The Balaban J connectivity index is 1.97. The maximum absolute atomic E-state index is 12.1. The quantitative estimate of drug-likeness (QED) is 0.617. The van der Waals surface area contributed by atoms with Gasteiger partial charge >= 0.3 is 5.69 Å². The number of fused-ring (bicyclic) bond motifs is 2. The Kier molecular flexibility index (Phi) is 2.96. The monoisotopic (exact) mass is 323 g/mol. The molecule has 0 aliphatic rings. The standard InChI is InChI=1S/C18H17N3O3/c1-19-15-7-5-12(8-16(15)20(2)18(19)23)21-10-11-4-6-13(24-3)9-14(11)17(21)22/h4-10,22H,1-3H3. The molecule has 0 saturated carbocycles. The molecular weight excluding hydrogens is 306 g/mol. The maximum Gasteiger partial charge on any atom is 0.328 e. The molecule has 0 aliphatic heterocycles. The fraction of sp³-hybridized carbons (Fsp3) is 0.167. The number of imidazole rings is 1. The molecule has 0 aliphatic carbocycles. The molecule has 0 bridgehead atoms. The maximum atomic E-state index is 12.1. The average molecular weight is 323 g/mol. The summed E-state index contributed by atoms with van der Waals surface area (Å²) in [4.78, 5) is 12.1. The van der Waals surface area contributed by atoms with Crippen molar-refractivity contribution in [3.8, 4) is 17.3 Å². The summed E-state index contributed by atoms with van der Waals surface area (Å²) in [7, 11) is 5.09. The lowest BCUT2D eigenvalue weighted by atomic mass is 10.2. The van der Waals surface area contributed by atoms with E-state index in [1.165, 1.54) is 0 Å². The van der Waals surface area contributed by atoms with E-state index in [2.05, 4.69) is 0 Å². The molecule has 4 aromatic rings. The fourth-order valence-corrected chi connectivity index (χ4v) is 3.14. The van der Waals surface area contributed by atoms with Crippen molar-refractivity contribution in [3.05, 3.63) is 53.1 Å². The Hall–Kier alpha value is -3.15. The predicted molar refractivity (Wildman–Crippen MR) is 93.2 cm³/mol. The van der Waals surface area contributed by atoms with E-state index in [4.69, 9.17) is 4.74 Å². The van der Waals surface area contributed by atoms with Gasteiger partial charge < -0.3 is 9.84 Å². The zero-order chi connectivity index (χ0) is 17.0. The average Bonchev–Trinajstić information content (AvgIpc) is 3.05. The smallest absolute Gasteiger partial charge is 0.328 e. The molecule has 0 amide bonds. The highest BCUT2D eigenvalue weighted by Gasteiger charge is 2.13. The lowest BCUT2D eigenvalue weighted by Gasteiger charge is -2.06. The number of aryl methyl sites for hydroxylation is 2. The van der Waals surface area contributed by atoms with Crippen molar-refractivity contribution in [1.82, 2.24) is 13.7 Å². The Bertz CT molecular complexity index is 1150. The van der Waals surface area contributed by atoms with E-state index in [0.29, 0.717) is 5.75 Å². The van der Waals surface area contributed by atoms with Gasteiger partial charge in [-0.1, -0.05) is 0 Å². The predicted octanol–water partition coefficient (Wildman–Crippen LogP) is 2.54. The third-order valence-electron chi connectivity index (χ3n) is 4.53. The van der Waals surface area contributed by atoms with Crippen LogP contribution in [0.1, 0.15) is 0 Å². The van der Waals surface area contributed by atoms with Crippen LogP contribution >= 0.6 is 0 Å². The van der Waals surface area contributed by atoms with Gasteiger partial charge in [-0.05, 0) is 36.4 Å². The van der Waals surface area contributed by atoms with Crippen molar-refractivity contribution >= 4 is 21.8 Å². The summed E-state index contributed by atoms with van der Waals surface area (Å²) in [6.07, 6.45) is 1.87. The van der Waals surface area contributed by atoms with Gasteiger partial charge in [-0.3, -0.25) is 13.7 Å². The Labute approximate surface area is 137 Å². The number of hydrogen-bond donors (Lipinski definition) is 1. The molecule has 2 heterocycles. The van der Waals surface area contributed by atoms with Crippen LogP contribution in [0.25, 0.3) is 27.5 Å². The molecule has 6 nitrogen and oxygen atoms in total. The van der Waals surface area contributed by atoms with Gasteiger partial charge in [0.25, 0.3) is 0 Å². The highest BCUT2D eigenvalue weighted by atomic mass is 16.5. The summed E-state index contributed by atoms with van der Waals surface area (Å²) in [5.41, 5.74) is 2.38. The minimum Gasteiger partial charge on any atom is -0.497 e. The molecule has 4 rings (SSSR count). The molecule has 2 aromatic heterocycles. The topological polar surface area (TPSA) is 61.3 Å². The van der Waals surface area contributed by atoms with Gasteiger partial charge in [0.2, 0.25) is 5.88 Å². The van der Waals surface area contributed by atoms with Gasteiger partial charge in [-0.25, -0.2) is 4.79 Å². The Morgan fingerprint density at radius 3 is 2.50 bits per heavy atom. The number of benzene rings is 2. The zero-order valence-corrected chi connectivity index (χ0v) is 13.6. The van der Waals surface area contributed by atoms with Crippen molar-refractivity contribution in [2.75, 3.05) is 7.11 Å². The Morgan fingerprint density at radius 1 is 1.00 bits per heavy atom. The molecule has 0 spiro atoms. The third-order valence-corrected chi connectivity index (χ3v) is 4.53. The molecule has 6 heteroatoms. The van der Waals surface area contributed by atoms with E-state index >= 15 is 0 Å². The number of ether oxygens (including phenoxy) is 1. The van der Waals surface area contributed by atoms with Crippen molar-refractivity contribution in [2.24, 2.45) is 14.1 Å². The van der Waals surface area contributed by atoms with Gasteiger partial charge in [0, 0.05) is 31.1 Å². The first kappa shape index (κ1) is 14.4. The van der Waals surface area contributed by atoms with Crippen LogP contribution in [-0.4, -0.2) is 25.9 Å². The Morgan fingerprint density at radius 2 is 1.75 bits per heavy atom. The van der Waals surface area contributed by atoms with Crippen LogP contribution in [0.5, 0.6) is 11.6 Å². The van der Waals surface area contributed by atoms with Gasteiger partial charge in [0.15, 0.2) is 0 Å². The van der Waals surface area contributed by atoms with E-state index < -0.39 is 0 Å². The third kappa shape index (κ3) is 1.86. The summed E-state index contributed by atoms with van der Waals surface area (Å²) >= 11 is 0. The van der Waals surface area contributed by atoms with Crippen LogP contribution in [0.4, 0.5) is 0 Å². The molecular formula is C18H17N3O3. The van der Waals surface area contributed by atoms with E-state index in [9.17, 15) is 9.90 Å². The number of methoxy groups -OCH3 is 1. The first-order chi connectivity index (χ1) is 11.5. The molecule has 0 unspecified atom stereocenters. The highest BCUT2D eigenvalue weighted by Crippen LogP contribution is 2.33. The van der Waals surface area contributed by atoms with Crippen LogP contribution < -0.4 is 10.4 Å². The van der Waals surface area contributed by atoms with Crippen LogP contribution in [0, 0.1) is 0 Å². The first-order valence-electron chi connectivity index (χ1n) is 7.55. The molecule has 24 heavy (non-hydrogen) atoms. The molecule has 122 valence electrons. The van der Waals surface area contributed by atoms with E-state index in [-0.39, 0.29) is 11.6 Å². The first-order valence-corrected chi connectivity index (χ1v) is 7.55. The van der Waals surface area contributed by atoms with Crippen molar-refractivity contribution < 1.29 is 9.84 Å². The van der Waals surface area contributed by atoms with E-state index in [0.717, 1.165) is 27.5 Å². The number of nitrogens with zero attached hydrogens (tertiary/aromatic N) is 3. The normalized spacial score (nSPS) is 11.5. The number of aromatic hydroxyl groups is 1. The number of rotatable bonds is 2. The van der Waals surface area contributed by atoms with E-state index in [1.54, 1.807) is 41.0 Å². The van der Waals surface area contributed by atoms with Crippen molar-refractivity contribution in [2.45, 2.75) is 0 Å². The van der Waals surface area contributed by atoms with Crippen LogP contribution in [-0.2, 0) is 14.1 Å². The lowest BCUT2D eigenvalue weighted by Crippen LogP contribution is -2.19. The summed E-state index contributed by atoms with van der Waals surface area (Å²) < 4.78 is 10.1. The number of hydrogen-bond acceptors (Lipinski definition) is 3. The van der Waals surface area contributed by atoms with Crippen LogP contribution in [0.2, 0.25) is 0 Å². The second-order valence-electron chi connectivity index (χ2n) is 5.85. The van der Waals surface area contributed by atoms with E-state index in [1.807, 2.05) is 36.5 Å². The molecule has 0 radical (unpaired) electrons. The van der Waals surface area contributed by atoms with Gasteiger partial charge in [0.05, 0.1) is 23.8 Å². The van der Waals surface area contributed by atoms with Gasteiger partial charge in [-0.2, -0.15) is 0 Å².